The first-order valence-corrected chi connectivity index (χ1v) is 6.88. The highest BCUT2D eigenvalue weighted by Crippen LogP contribution is 2.27. The van der Waals surface area contributed by atoms with E-state index in [-0.39, 0.29) is 5.00 Å². The molecule has 0 aliphatic carbocycles. The van der Waals surface area contributed by atoms with Gasteiger partial charge in [0.25, 0.3) is 0 Å². The van der Waals surface area contributed by atoms with Gasteiger partial charge in [0, 0.05) is 21.0 Å². The van der Waals surface area contributed by atoms with Gasteiger partial charge in [-0.25, -0.2) is 0 Å². The van der Waals surface area contributed by atoms with Crippen molar-refractivity contribution in [1.29, 1.82) is 0 Å². The molecule has 0 unspecified atom stereocenters. The third kappa shape index (κ3) is 3.36. The third-order valence-corrected chi connectivity index (χ3v) is 3.91. The van der Waals surface area contributed by atoms with Crippen LogP contribution in [0, 0.1) is 10.1 Å². The van der Waals surface area contributed by atoms with Crippen molar-refractivity contribution >= 4 is 50.2 Å². The number of carbonyl (C=O) groups excluding carboxylic acids is 1. The maximum Gasteiger partial charge on any atom is 0.324 e. The fraction of sp³-hybridized carbons (Fsp3) is 0. The van der Waals surface area contributed by atoms with E-state index in [1.807, 2.05) is 24.3 Å². The van der Waals surface area contributed by atoms with E-state index in [1.54, 1.807) is 12.1 Å². The van der Waals surface area contributed by atoms with Gasteiger partial charge in [-0.15, -0.1) is 0 Å². The first-order chi connectivity index (χ1) is 9.10. The lowest BCUT2D eigenvalue weighted by atomic mass is 10.1. The molecule has 0 bridgehead atoms. The van der Waals surface area contributed by atoms with E-state index in [9.17, 15) is 14.9 Å². The molecule has 1 aromatic carbocycles. The lowest BCUT2D eigenvalue weighted by Gasteiger charge is -1.99. The average Bonchev–Trinajstić information content (AvgIpc) is 2.86. The van der Waals surface area contributed by atoms with E-state index in [4.69, 9.17) is 0 Å². The minimum absolute atomic E-state index is 0.0623. The van der Waals surface area contributed by atoms with Crippen LogP contribution in [-0.2, 0) is 4.79 Å². The van der Waals surface area contributed by atoms with E-state index in [0.29, 0.717) is 10.5 Å². The molecule has 2 aromatic rings. The number of rotatable bonds is 4. The minimum Gasteiger partial charge on any atom is -0.298 e. The summed E-state index contributed by atoms with van der Waals surface area (Å²) in [4.78, 5) is 22.0. The fourth-order valence-corrected chi connectivity index (χ4v) is 2.54. The molecule has 0 amide bonds. The smallest absolute Gasteiger partial charge is 0.298 e. The van der Waals surface area contributed by atoms with Crippen LogP contribution < -0.4 is 0 Å². The lowest BCUT2D eigenvalue weighted by molar-refractivity contribution is -0.380. The molecule has 96 valence electrons. The van der Waals surface area contributed by atoms with Crippen molar-refractivity contribution in [3.8, 4) is 0 Å². The summed E-state index contributed by atoms with van der Waals surface area (Å²) in [6, 6.07) is 10.4. The molecule has 0 radical (unpaired) electrons. The third-order valence-electron chi connectivity index (χ3n) is 2.39. The molecule has 0 aliphatic heterocycles. The molecule has 1 aromatic heterocycles. The van der Waals surface area contributed by atoms with Crippen molar-refractivity contribution in [1.82, 2.24) is 0 Å². The Morgan fingerprint density at radius 1 is 1.21 bits per heavy atom. The van der Waals surface area contributed by atoms with Crippen LogP contribution in [0.5, 0.6) is 0 Å². The molecular formula is C13H8BrNO3S. The van der Waals surface area contributed by atoms with Crippen LogP contribution in [0.4, 0.5) is 5.00 Å². The Morgan fingerprint density at radius 3 is 2.42 bits per heavy atom. The number of hydrogen-bond acceptors (Lipinski definition) is 4. The summed E-state index contributed by atoms with van der Waals surface area (Å²) in [5, 5.41) is 10.7. The van der Waals surface area contributed by atoms with Gasteiger partial charge in [0.1, 0.15) is 0 Å². The number of hydrogen-bond donors (Lipinski definition) is 0. The highest BCUT2D eigenvalue weighted by atomic mass is 79.9. The summed E-state index contributed by atoms with van der Waals surface area (Å²) in [5.41, 5.74) is 1.26. The fourth-order valence-electron chi connectivity index (χ4n) is 1.50. The number of thiophene rings is 1. The van der Waals surface area contributed by atoms with E-state index < -0.39 is 4.92 Å². The summed E-state index contributed by atoms with van der Waals surface area (Å²) in [6.07, 6.45) is 2.39. The Kier molecular flexibility index (Phi) is 4.24. The van der Waals surface area contributed by atoms with Gasteiger partial charge in [-0.1, -0.05) is 39.4 Å². The highest BCUT2D eigenvalue weighted by Gasteiger charge is 2.09. The molecule has 0 aliphatic rings. The molecule has 0 fully saturated rings. The summed E-state index contributed by atoms with van der Waals surface area (Å²) >= 11 is 4.36. The second kappa shape index (κ2) is 5.90. The van der Waals surface area contributed by atoms with Crippen LogP contribution in [-0.4, -0.2) is 11.2 Å². The van der Waals surface area contributed by atoms with Gasteiger partial charge in [-0.3, -0.25) is 14.9 Å². The van der Waals surface area contributed by atoms with Crippen molar-refractivity contribution in [3.63, 3.8) is 0 Å². The summed E-state index contributed by atoms with van der Waals surface area (Å²) in [7, 11) is 0. The van der Waals surface area contributed by atoms with Crippen molar-refractivity contribution < 1.29 is 9.72 Å². The molecule has 0 saturated heterocycles. The zero-order valence-corrected chi connectivity index (χ0v) is 12.0. The Hall–Kier alpha value is -1.79. The number of nitro groups is 1. The first kappa shape index (κ1) is 13.6. The van der Waals surface area contributed by atoms with Crippen LogP contribution in [0.3, 0.4) is 0 Å². The molecule has 19 heavy (non-hydrogen) atoms. The Balaban J connectivity index is 2.34. The molecule has 0 atom stereocenters. The van der Waals surface area contributed by atoms with Crippen LogP contribution in [0.15, 0.2) is 40.9 Å². The molecule has 0 saturated carbocycles. The molecule has 0 spiro atoms. The predicted molar refractivity (Wildman–Crippen MR) is 79.1 cm³/mol. The standard InChI is InChI=1S/C13H8BrNO3S/c14-11-3-1-9(2-4-11)10(8-16)7-12-5-6-13(19-12)15(17)18/h1-8H/b10-7+. The normalized spacial score (nSPS) is 11.3. The van der Waals surface area contributed by atoms with Crippen molar-refractivity contribution in [3.05, 3.63) is 61.4 Å². The minimum atomic E-state index is -0.442. The van der Waals surface area contributed by atoms with Gasteiger partial charge in [0.2, 0.25) is 0 Å². The topological polar surface area (TPSA) is 60.2 Å². The number of aldehydes is 1. The zero-order valence-electron chi connectivity index (χ0n) is 9.58. The van der Waals surface area contributed by atoms with E-state index >= 15 is 0 Å². The highest BCUT2D eigenvalue weighted by molar-refractivity contribution is 9.10. The number of allylic oxidation sites excluding steroid dienone is 1. The molecule has 4 nitrogen and oxygen atoms in total. The molecule has 0 N–H and O–H groups in total. The zero-order chi connectivity index (χ0) is 13.8. The van der Waals surface area contributed by atoms with Gasteiger partial charge >= 0.3 is 5.00 Å². The number of benzene rings is 1. The molecule has 2 rings (SSSR count). The predicted octanol–water partition coefficient (Wildman–Crippen LogP) is 4.16. The van der Waals surface area contributed by atoms with E-state index in [1.165, 1.54) is 6.07 Å². The molecular weight excluding hydrogens is 330 g/mol. The first-order valence-electron chi connectivity index (χ1n) is 5.27. The second-order valence-electron chi connectivity index (χ2n) is 3.66. The maximum atomic E-state index is 11.1. The monoisotopic (exact) mass is 337 g/mol. The number of halogens is 1. The van der Waals surface area contributed by atoms with Crippen molar-refractivity contribution in [2.45, 2.75) is 0 Å². The van der Waals surface area contributed by atoms with Crippen molar-refractivity contribution in [2.24, 2.45) is 0 Å². The Morgan fingerprint density at radius 2 is 1.89 bits per heavy atom. The maximum absolute atomic E-state index is 11.1. The van der Waals surface area contributed by atoms with Gasteiger partial charge in [-0.2, -0.15) is 0 Å². The van der Waals surface area contributed by atoms with Gasteiger partial charge in [-0.05, 0) is 29.8 Å². The van der Waals surface area contributed by atoms with Crippen LogP contribution in [0.25, 0.3) is 11.6 Å². The van der Waals surface area contributed by atoms with Gasteiger partial charge in [0.15, 0.2) is 6.29 Å². The lowest BCUT2D eigenvalue weighted by Crippen LogP contribution is -1.84. The van der Waals surface area contributed by atoms with E-state index in [0.717, 1.165) is 27.7 Å². The van der Waals surface area contributed by atoms with Crippen LogP contribution in [0.2, 0.25) is 0 Å². The largest absolute Gasteiger partial charge is 0.324 e. The van der Waals surface area contributed by atoms with Crippen LogP contribution in [0.1, 0.15) is 10.4 Å². The second-order valence-corrected chi connectivity index (χ2v) is 5.67. The number of carbonyl (C=O) groups is 1. The Bertz CT molecular complexity index is 646. The average molecular weight is 338 g/mol. The molecule has 6 heteroatoms. The molecule has 1 heterocycles. The number of nitrogens with zero attached hydrogens (tertiary/aromatic N) is 1. The van der Waals surface area contributed by atoms with Gasteiger partial charge in [0.05, 0.1) is 4.92 Å². The van der Waals surface area contributed by atoms with Gasteiger partial charge < -0.3 is 0 Å². The Labute approximate surface area is 121 Å². The van der Waals surface area contributed by atoms with Crippen molar-refractivity contribution in [2.75, 3.05) is 0 Å². The quantitative estimate of drug-likeness (QED) is 0.364. The van der Waals surface area contributed by atoms with E-state index in [2.05, 4.69) is 15.9 Å². The SMILES string of the molecule is O=C/C(=C\c1ccc([N+](=O)[O-])s1)c1ccc(Br)cc1. The summed E-state index contributed by atoms with van der Waals surface area (Å²) in [5.74, 6) is 0. The van der Waals surface area contributed by atoms with Crippen LogP contribution >= 0.6 is 27.3 Å². The summed E-state index contributed by atoms with van der Waals surface area (Å²) < 4.78 is 0.924. The summed E-state index contributed by atoms with van der Waals surface area (Å²) in [6.45, 7) is 0.